The molecule has 30 heavy (non-hydrogen) atoms. The minimum atomic E-state index is -0.483. The number of non-ortho nitro benzene ring substituents is 2. The highest BCUT2D eigenvalue weighted by Gasteiger charge is 2.13. The van der Waals surface area contributed by atoms with Gasteiger partial charge in [-0.2, -0.15) is 0 Å². The van der Waals surface area contributed by atoms with Crippen molar-refractivity contribution in [3.05, 3.63) is 81.2 Å². The molecule has 0 radical (unpaired) electrons. The molecule has 0 amide bonds. The summed E-state index contributed by atoms with van der Waals surface area (Å²) in [4.78, 5) is 29.2. The van der Waals surface area contributed by atoms with Gasteiger partial charge < -0.3 is 10.6 Å². The lowest BCUT2D eigenvalue weighted by atomic mass is 10.2. The van der Waals surface area contributed by atoms with Crippen LogP contribution in [0.2, 0.25) is 0 Å². The van der Waals surface area contributed by atoms with Gasteiger partial charge in [0, 0.05) is 48.0 Å². The maximum atomic E-state index is 10.8. The highest BCUT2D eigenvalue weighted by Crippen LogP contribution is 2.28. The van der Waals surface area contributed by atoms with E-state index in [0.29, 0.717) is 34.0 Å². The van der Waals surface area contributed by atoms with Gasteiger partial charge in [0.2, 0.25) is 0 Å². The number of hydrogen-bond acceptors (Lipinski definition) is 10. The minimum absolute atomic E-state index is 0.0288. The normalized spacial score (nSPS) is 10.5. The maximum absolute atomic E-state index is 10.8. The van der Waals surface area contributed by atoms with E-state index in [1.807, 2.05) is 0 Å². The van der Waals surface area contributed by atoms with E-state index in [4.69, 9.17) is 0 Å². The molecule has 2 aromatic carbocycles. The minimum Gasteiger partial charge on any atom is -0.337 e. The van der Waals surface area contributed by atoms with Gasteiger partial charge in [-0.15, -0.1) is 10.2 Å². The van der Waals surface area contributed by atoms with E-state index in [0.717, 1.165) is 0 Å². The Morgan fingerprint density at radius 2 is 1.00 bits per heavy atom. The average Bonchev–Trinajstić information content (AvgIpc) is 2.76. The summed E-state index contributed by atoms with van der Waals surface area (Å²) < 4.78 is 0. The van der Waals surface area contributed by atoms with E-state index in [2.05, 4.69) is 30.8 Å². The summed E-state index contributed by atoms with van der Waals surface area (Å²) in [7, 11) is 0. The standard InChI is InChI=1S/C18H12N8O4/c27-25(28)13-5-1-11(2-6-13)21-17-15-16(20-10-9-19-15)18(24-23-17)22-12-3-7-14(8-4-12)26(29)30/h1-10H,(H,21,23)(H,22,24). The molecule has 12 heteroatoms. The van der Waals surface area contributed by atoms with Crippen molar-refractivity contribution in [2.75, 3.05) is 10.6 Å². The second kappa shape index (κ2) is 7.71. The molecule has 148 valence electrons. The molecule has 0 aliphatic carbocycles. The van der Waals surface area contributed by atoms with Crippen molar-refractivity contribution < 1.29 is 9.85 Å². The Morgan fingerprint density at radius 3 is 1.33 bits per heavy atom. The summed E-state index contributed by atoms with van der Waals surface area (Å²) >= 11 is 0. The third-order valence-corrected chi connectivity index (χ3v) is 4.08. The van der Waals surface area contributed by atoms with Crippen molar-refractivity contribution in [1.82, 2.24) is 20.2 Å². The van der Waals surface area contributed by atoms with Crippen LogP contribution in [-0.4, -0.2) is 30.0 Å². The molecule has 0 bridgehead atoms. The first-order chi connectivity index (χ1) is 14.5. The second-order valence-corrected chi connectivity index (χ2v) is 6.01. The zero-order valence-electron chi connectivity index (χ0n) is 15.1. The van der Waals surface area contributed by atoms with Gasteiger partial charge in [0.15, 0.2) is 11.6 Å². The molecule has 4 aromatic rings. The lowest BCUT2D eigenvalue weighted by Gasteiger charge is -2.11. The van der Waals surface area contributed by atoms with E-state index in [1.165, 1.54) is 36.7 Å². The molecule has 0 saturated carbocycles. The van der Waals surface area contributed by atoms with E-state index in [1.54, 1.807) is 24.3 Å². The fourth-order valence-electron chi connectivity index (χ4n) is 2.65. The number of hydrogen-bond donors (Lipinski definition) is 2. The number of benzene rings is 2. The topological polar surface area (TPSA) is 162 Å². The molecule has 0 spiro atoms. The van der Waals surface area contributed by atoms with Crippen molar-refractivity contribution in [3.8, 4) is 0 Å². The van der Waals surface area contributed by atoms with E-state index >= 15 is 0 Å². The monoisotopic (exact) mass is 404 g/mol. The molecule has 0 aliphatic heterocycles. The quantitative estimate of drug-likeness (QED) is 0.357. The van der Waals surface area contributed by atoms with Crippen LogP contribution < -0.4 is 10.6 Å². The Hall–Kier alpha value is -4.74. The molecule has 4 rings (SSSR count). The zero-order chi connectivity index (χ0) is 21.1. The van der Waals surface area contributed by atoms with Crippen molar-refractivity contribution in [1.29, 1.82) is 0 Å². The molecule has 12 nitrogen and oxygen atoms in total. The first-order valence-electron chi connectivity index (χ1n) is 8.51. The van der Waals surface area contributed by atoms with Crippen LogP contribution in [0.15, 0.2) is 60.9 Å². The number of rotatable bonds is 6. The van der Waals surface area contributed by atoms with Gasteiger partial charge >= 0.3 is 0 Å². The number of nitrogens with one attached hydrogen (secondary N) is 2. The Morgan fingerprint density at radius 1 is 0.633 bits per heavy atom. The molecular formula is C18H12N8O4. The smallest absolute Gasteiger partial charge is 0.269 e. The fourth-order valence-corrected chi connectivity index (χ4v) is 2.65. The third kappa shape index (κ3) is 3.77. The van der Waals surface area contributed by atoms with E-state index in [-0.39, 0.29) is 11.4 Å². The lowest BCUT2D eigenvalue weighted by molar-refractivity contribution is -0.385. The van der Waals surface area contributed by atoms with E-state index in [9.17, 15) is 20.2 Å². The van der Waals surface area contributed by atoms with E-state index < -0.39 is 9.85 Å². The molecule has 2 N–H and O–H groups in total. The van der Waals surface area contributed by atoms with Crippen molar-refractivity contribution in [2.24, 2.45) is 0 Å². The summed E-state index contributed by atoms with van der Waals surface area (Å²) in [5.41, 5.74) is 1.93. The van der Waals surface area contributed by atoms with Gasteiger partial charge in [0.05, 0.1) is 9.85 Å². The predicted molar refractivity (Wildman–Crippen MR) is 108 cm³/mol. The number of anilines is 4. The highest BCUT2D eigenvalue weighted by atomic mass is 16.6. The highest BCUT2D eigenvalue weighted by molar-refractivity contribution is 5.94. The maximum Gasteiger partial charge on any atom is 0.269 e. The molecule has 0 fully saturated rings. The number of nitro benzene ring substituents is 2. The Labute approximate surface area is 167 Å². The zero-order valence-corrected chi connectivity index (χ0v) is 15.1. The van der Waals surface area contributed by atoms with Crippen LogP contribution in [0.1, 0.15) is 0 Å². The van der Waals surface area contributed by atoms with Crippen molar-refractivity contribution in [3.63, 3.8) is 0 Å². The van der Waals surface area contributed by atoms with Gasteiger partial charge in [-0.05, 0) is 24.3 Å². The van der Waals surface area contributed by atoms with Gasteiger partial charge in [-0.25, -0.2) is 9.97 Å². The third-order valence-electron chi connectivity index (χ3n) is 4.08. The van der Waals surface area contributed by atoms with Crippen LogP contribution in [-0.2, 0) is 0 Å². The Bertz CT molecular complexity index is 1150. The van der Waals surface area contributed by atoms with Crippen LogP contribution >= 0.6 is 0 Å². The van der Waals surface area contributed by atoms with Gasteiger partial charge in [-0.3, -0.25) is 20.2 Å². The van der Waals surface area contributed by atoms with Crippen LogP contribution in [0.3, 0.4) is 0 Å². The van der Waals surface area contributed by atoms with Crippen LogP contribution in [0.4, 0.5) is 34.4 Å². The van der Waals surface area contributed by atoms with Gasteiger partial charge in [0.25, 0.3) is 11.4 Å². The van der Waals surface area contributed by atoms with Crippen LogP contribution in [0.25, 0.3) is 11.0 Å². The SMILES string of the molecule is O=[N+]([O-])c1ccc(Nc2nnc(Nc3ccc([N+](=O)[O-])cc3)c3nccnc23)cc1. The summed E-state index contributed by atoms with van der Waals surface area (Å²) in [6, 6.07) is 11.7. The molecule has 2 aromatic heterocycles. The number of fused-ring (bicyclic) bond motifs is 1. The first kappa shape index (κ1) is 18.6. The summed E-state index contributed by atoms with van der Waals surface area (Å²) in [6.07, 6.45) is 3.00. The summed E-state index contributed by atoms with van der Waals surface area (Å²) in [5, 5.41) is 35.9. The summed E-state index contributed by atoms with van der Waals surface area (Å²) in [5.74, 6) is 0.641. The molecular weight excluding hydrogens is 392 g/mol. The van der Waals surface area contributed by atoms with Crippen molar-refractivity contribution in [2.45, 2.75) is 0 Å². The van der Waals surface area contributed by atoms with Crippen molar-refractivity contribution >= 4 is 45.4 Å². The predicted octanol–water partition coefficient (Wildman–Crippen LogP) is 3.72. The largest absolute Gasteiger partial charge is 0.337 e. The number of nitro groups is 2. The number of aromatic nitrogens is 4. The van der Waals surface area contributed by atoms with Crippen LogP contribution in [0.5, 0.6) is 0 Å². The van der Waals surface area contributed by atoms with Crippen LogP contribution in [0, 0.1) is 20.2 Å². The Balaban J connectivity index is 1.64. The first-order valence-corrected chi connectivity index (χ1v) is 8.51. The molecule has 0 atom stereocenters. The van der Waals surface area contributed by atoms with Gasteiger partial charge in [0.1, 0.15) is 11.0 Å². The second-order valence-electron chi connectivity index (χ2n) is 6.01. The van der Waals surface area contributed by atoms with Gasteiger partial charge in [-0.1, -0.05) is 0 Å². The fraction of sp³-hybridized carbons (Fsp3) is 0. The summed E-state index contributed by atoms with van der Waals surface area (Å²) in [6.45, 7) is 0. The molecule has 0 saturated heterocycles. The molecule has 0 aliphatic rings. The number of nitrogens with zero attached hydrogens (tertiary/aromatic N) is 6. The molecule has 0 unspecified atom stereocenters. The lowest BCUT2D eigenvalue weighted by Crippen LogP contribution is -2.04. The Kier molecular flexibility index (Phi) is 4.78. The molecule has 2 heterocycles. The average molecular weight is 404 g/mol.